The third-order valence-electron chi connectivity index (χ3n) is 8.07. The molecule has 3 aliphatic rings. The van der Waals surface area contributed by atoms with Crippen LogP contribution >= 0.6 is 0 Å². The van der Waals surface area contributed by atoms with Gasteiger partial charge in [-0.05, 0) is 81.8 Å². The highest BCUT2D eigenvalue weighted by atomic mass is 16.5. The molecule has 172 valence electrons. The van der Waals surface area contributed by atoms with Crippen molar-refractivity contribution in [3.05, 3.63) is 23.3 Å². The molecule has 0 bridgehead atoms. The summed E-state index contributed by atoms with van der Waals surface area (Å²) in [4.78, 5) is 38.6. The fourth-order valence-electron chi connectivity index (χ4n) is 6.19. The van der Waals surface area contributed by atoms with Crippen LogP contribution in [0.5, 0.6) is 0 Å². The predicted molar refractivity (Wildman–Crippen MR) is 116 cm³/mol. The van der Waals surface area contributed by atoms with Gasteiger partial charge >= 0.3 is 5.97 Å². The van der Waals surface area contributed by atoms with Crippen molar-refractivity contribution in [3.63, 3.8) is 0 Å². The van der Waals surface area contributed by atoms with E-state index in [2.05, 4.69) is 0 Å². The maximum Gasteiger partial charge on any atom is 0.331 e. The van der Waals surface area contributed by atoms with Gasteiger partial charge in [0.25, 0.3) is 0 Å². The van der Waals surface area contributed by atoms with Crippen molar-refractivity contribution in [1.29, 1.82) is 0 Å². The summed E-state index contributed by atoms with van der Waals surface area (Å²) in [6.07, 6.45) is 4.71. The van der Waals surface area contributed by atoms with Crippen LogP contribution in [0.1, 0.15) is 67.2 Å². The highest BCUT2D eigenvalue weighted by Gasteiger charge is 2.71. The molecule has 1 aliphatic heterocycles. The molecule has 0 aromatic carbocycles. The first-order chi connectivity index (χ1) is 14.4. The van der Waals surface area contributed by atoms with Gasteiger partial charge in [0.15, 0.2) is 22.8 Å². The van der Waals surface area contributed by atoms with Crippen LogP contribution in [0.4, 0.5) is 0 Å². The van der Waals surface area contributed by atoms with Crippen molar-refractivity contribution < 1.29 is 29.3 Å². The number of ether oxygens (including phenoxy) is 1. The van der Waals surface area contributed by atoms with Crippen LogP contribution in [0.2, 0.25) is 0 Å². The number of Topliss-reactive ketones (excluding diaryl/α,β-unsaturated/α-hetero) is 1. The smallest absolute Gasteiger partial charge is 0.331 e. The van der Waals surface area contributed by atoms with E-state index in [0.717, 1.165) is 18.4 Å². The largest absolute Gasteiger partial charge is 0.455 e. The lowest BCUT2D eigenvalue weighted by Crippen LogP contribution is -2.75. The van der Waals surface area contributed by atoms with Gasteiger partial charge in [-0.25, -0.2) is 4.79 Å². The van der Waals surface area contributed by atoms with Crippen molar-refractivity contribution in [3.8, 4) is 0 Å². The van der Waals surface area contributed by atoms with Crippen molar-refractivity contribution in [1.82, 2.24) is 0 Å². The number of allylic oxidation sites excluding steroid dienone is 1. The van der Waals surface area contributed by atoms with Gasteiger partial charge in [-0.1, -0.05) is 26.3 Å². The van der Waals surface area contributed by atoms with Crippen LogP contribution in [-0.4, -0.2) is 45.1 Å². The minimum absolute atomic E-state index is 0.0998. The Hall–Kier alpha value is -1.79. The van der Waals surface area contributed by atoms with E-state index in [1.54, 1.807) is 27.7 Å². The summed E-state index contributed by atoms with van der Waals surface area (Å²) < 4.78 is 5.29. The number of aliphatic hydroxyl groups is 2. The van der Waals surface area contributed by atoms with E-state index in [9.17, 15) is 24.6 Å². The van der Waals surface area contributed by atoms with E-state index in [1.807, 2.05) is 13.8 Å². The van der Waals surface area contributed by atoms with Gasteiger partial charge in [0.05, 0.1) is 0 Å². The fourth-order valence-corrected chi connectivity index (χ4v) is 6.19. The summed E-state index contributed by atoms with van der Waals surface area (Å²) in [5, 5.41) is 23.8. The lowest BCUT2D eigenvalue weighted by molar-refractivity contribution is -0.226. The molecule has 6 nitrogen and oxygen atoms in total. The molecule has 2 fully saturated rings. The number of carbonyl (C=O) groups is 3. The predicted octanol–water partition coefficient (Wildman–Crippen LogP) is 3.15. The Kier molecular flexibility index (Phi) is 6.38. The summed E-state index contributed by atoms with van der Waals surface area (Å²) >= 11 is 0. The van der Waals surface area contributed by atoms with Crippen LogP contribution in [0.15, 0.2) is 23.3 Å². The molecule has 3 rings (SSSR count). The van der Waals surface area contributed by atoms with Gasteiger partial charge in [-0.2, -0.15) is 0 Å². The Morgan fingerprint density at radius 2 is 1.90 bits per heavy atom. The second-order valence-electron chi connectivity index (χ2n) is 10.3. The Morgan fingerprint density at radius 1 is 1.26 bits per heavy atom. The Labute approximate surface area is 184 Å². The number of cyclic esters (lactones) is 1. The van der Waals surface area contributed by atoms with Crippen LogP contribution in [0.25, 0.3) is 0 Å². The van der Waals surface area contributed by atoms with E-state index < -0.39 is 46.7 Å². The Morgan fingerprint density at radius 3 is 2.45 bits per heavy atom. The molecule has 8 atom stereocenters. The second-order valence-corrected chi connectivity index (χ2v) is 10.3. The molecule has 1 heterocycles. The normalized spacial score (nSPS) is 40.8. The lowest BCUT2D eigenvalue weighted by Gasteiger charge is -2.55. The number of fused-ring (bicyclic) bond motifs is 1. The van der Waals surface area contributed by atoms with Crippen molar-refractivity contribution in [2.75, 3.05) is 0 Å². The second kappa shape index (κ2) is 8.28. The first-order valence-electron chi connectivity index (χ1n) is 11.4. The van der Waals surface area contributed by atoms with Crippen LogP contribution < -0.4 is 0 Å². The summed E-state index contributed by atoms with van der Waals surface area (Å²) in [6, 6.07) is 0. The number of hydrogen-bond acceptors (Lipinski definition) is 6. The third kappa shape index (κ3) is 3.62. The SMILES string of the molecule is CC(C)=CC(=O)[C@@]1(O)[C@@H](C)[C@@H]2CC[C@H](C)[C@H]2C(=O)[C@]1(O)[C@H](C)CC[C@@H]1OC(=O)C=C1C. The standard InChI is InChI=1S/C25H36O6/c1-13(2)11-20(26)25(30)17(6)18-9-7-14(3)22(18)23(28)24(25,29)16(5)8-10-19-15(4)12-21(27)31-19/h11-12,14,16-19,22,29-30H,7-10H2,1-6H3/t14-,16+,17-,18-,19-,22+,24+,25-/m0/s1. The summed E-state index contributed by atoms with van der Waals surface area (Å²) in [6.45, 7) is 10.8. The molecule has 0 unspecified atom stereocenters. The number of rotatable bonds is 6. The molecule has 6 heteroatoms. The number of carbonyl (C=O) groups excluding carboxylic acids is 3. The molecule has 2 N–H and O–H groups in total. The number of ketones is 2. The monoisotopic (exact) mass is 432 g/mol. The molecular weight excluding hydrogens is 396 g/mol. The molecule has 0 aromatic rings. The molecule has 0 amide bonds. The van der Waals surface area contributed by atoms with Gasteiger partial charge in [0.2, 0.25) is 0 Å². The number of esters is 1. The van der Waals surface area contributed by atoms with E-state index in [1.165, 1.54) is 12.2 Å². The zero-order valence-corrected chi connectivity index (χ0v) is 19.5. The fraction of sp³-hybridized carbons (Fsp3) is 0.720. The quantitative estimate of drug-likeness (QED) is 0.494. The maximum atomic E-state index is 13.8. The zero-order chi connectivity index (χ0) is 23.3. The van der Waals surface area contributed by atoms with E-state index in [4.69, 9.17) is 4.74 Å². The topological polar surface area (TPSA) is 101 Å². The molecule has 2 aliphatic carbocycles. The van der Waals surface area contributed by atoms with Gasteiger partial charge in [0, 0.05) is 12.0 Å². The minimum atomic E-state index is -2.20. The van der Waals surface area contributed by atoms with Gasteiger partial charge in [-0.15, -0.1) is 0 Å². The first-order valence-corrected chi connectivity index (χ1v) is 11.4. The average molecular weight is 433 g/mol. The van der Waals surface area contributed by atoms with E-state index in [0.29, 0.717) is 18.4 Å². The molecular formula is C25H36O6. The first kappa shape index (κ1) is 23.9. The van der Waals surface area contributed by atoms with E-state index >= 15 is 0 Å². The summed E-state index contributed by atoms with van der Waals surface area (Å²) in [5.41, 5.74) is -2.89. The van der Waals surface area contributed by atoms with Gasteiger partial charge in [0.1, 0.15) is 6.10 Å². The van der Waals surface area contributed by atoms with Gasteiger partial charge in [-0.3, -0.25) is 9.59 Å². The van der Waals surface area contributed by atoms with Gasteiger partial charge < -0.3 is 14.9 Å². The summed E-state index contributed by atoms with van der Waals surface area (Å²) in [7, 11) is 0. The highest BCUT2D eigenvalue weighted by Crippen LogP contribution is 2.56. The Bertz CT molecular complexity index is 837. The average Bonchev–Trinajstić information content (AvgIpc) is 3.23. The number of hydrogen-bond donors (Lipinski definition) is 2. The summed E-state index contributed by atoms with van der Waals surface area (Å²) in [5.74, 6) is -3.06. The van der Waals surface area contributed by atoms with Crippen molar-refractivity contribution in [2.24, 2.45) is 29.6 Å². The Balaban J connectivity index is 1.99. The molecule has 0 aromatic heterocycles. The molecule has 0 spiro atoms. The zero-order valence-electron chi connectivity index (χ0n) is 19.5. The van der Waals surface area contributed by atoms with Crippen molar-refractivity contribution >= 4 is 17.5 Å². The third-order valence-corrected chi connectivity index (χ3v) is 8.07. The minimum Gasteiger partial charge on any atom is -0.455 e. The molecule has 0 saturated heterocycles. The molecule has 31 heavy (non-hydrogen) atoms. The van der Waals surface area contributed by atoms with Crippen molar-refractivity contribution in [2.45, 2.75) is 84.5 Å². The molecule has 0 radical (unpaired) electrons. The lowest BCUT2D eigenvalue weighted by atomic mass is 9.52. The van der Waals surface area contributed by atoms with Crippen LogP contribution in [-0.2, 0) is 19.1 Å². The van der Waals surface area contributed by atoms with Crippen LogP contribution in [0, 0.1) is 29.6 Å². The van der Waals surface area contributed by atoms with Crippen LogP contribution in [0.3, 0.4) is 0 Å². The maximum absolute atomic E-state index is 13.8. The van der Waals surface area contributed by atoms with E-state index in [-0.39, 0.29) is 17.8 Å². The highest BCUT2D eigenvalue weighted by molar-refractivity contribution is 6.06. The molecule has 2 saturated carbocycles.